The molecule has 0 aliphatic heterocycles. The summed E-state index contributed by atoms with van der Waals surface area (Å²) in [5.74, 6) is -1.33. The second-order valence-electron chi connectivity index (χ2n) is 6.45. The minimum Gasteiger partial charge on any atom is -0.506 e. The molecule has 0 radical (unpaired) electrons. The molecule has 5 nitrogen and oxygen atoms in total. The van der Waals surface area contributed by atoms with E-state index in [2.05, 4.69) is 10.3 Å². The maximum atomic E-state index is 14.7. The van der Waals surface area contributed by atoms with E-state index >= 15 is 0 Å². The third-order valence-electron chi connectivity index (χ3n) is 4.57. The van der Waals surface area contributed by atoms with Crippen LogP contribution in [0, 0.1) is 5.82 Å². The van der Waals surface area contributed by atoms with Crippen molar-refractivity contribution in [3.63, 3.8) is 0 Å². The van der Waals surface area contributed by atoms with E-state index < -0.39 is 11.7 Å². The second-order valence-corrected chi connectivity index (χ2v) is 6.45. The number of carbonyl (C=O) groups is 1. The van der Waals surface area contributed by atoms with Crippen LogP contribution in [0.25, 0.3) is 22.6 Å². The summed E-state index contributed by atoms with van der Waals surface area (Å²) in [4.78, 5) is 16.8. The van der Waals surface area contributed by atoms with Gasteiger partial charge < -0.3 is 14.8 Å². The summed E-state index contributed by atoms with van der Waals surface area (Å²) in [6.07, 6.45) is 0. The summed E-state index contributed by atoms with van der Waals surface area (Å²) in [5.41, 5.74) is 2.27. The van der Waals surface area contributed by atoms with E-state index in [1.807, 2.05) is 12.1 Å². The van der Waals surface area contributed by atoms with E-state index in [-0.39, 0.29) is 23.1 Å². The molecule has 3 aromatic carbocycles. The third kappa shape index (κ3) is 3.32. The number of carbonyl (C=O) groups excluding carboxylic acids is 1. The van der Waals surface area contributed by atoms with Crippen LogP contribution in [0.2, 0.25) is 0 Å². The molecular formula is C22H17FN2O3. The summed E-state index contributed by atoms with van der Waals surface area (Å²) >= 11 is 0. The predicted octanol–water partition coefficient (Wildman–Crippen LogP) is 5.08. The highest BCUT2D eigenvalue weighted by atomic mass is 19.1. The number of phenolic OH excluding ortho intramolecular Hbond substituents is 1. The van der Waals surface area contributed by atoms with Crippen LogP contribution in [0.5, 0.6) is 5.75 Å². The van der Waals surface area contributed by atoms with E-state index in [1.54, 1.807) is 49.4 Å². The minimum absolute atomic E-state index is 0.0273. The highest BCUT2D eigenvalue weighted by Crippen LogP contribution is 2.29. The molecule has 0 saturated carbocycles. The number of benzene rings is 3. The van der Waals surface area contributed by atoms with Crippen molar-refractivity contribution in [3.05, 3.63) is 78.1 Å². The van der Waals surface area contributed by atoms with Crippen LogP contribution in [-0.4, -0.2) is 16.0 Å². The Kier molecular flexibility index (Phi) is 4.53. The lowest BCUT2D eigenvalue weighted by molar-refractivity contribution is -0.117. The molecule has 0 bridgehead atoms. The number of anilines is 1. The van der Waals surface area contributed by atoms with Gasteiger partial charge in [0, 0.05) is 0 Å². The lowest BCUT2D eigenvalue weighted by Gasteiger charge is -2.14. The number of hydrogen-bond acceptors (Lipinski definition) is 4. The molecule has 4 rings (SSSR count). The number of phenols is 1. The zero-order valence-electron chi connectivity index (χ0n) is 15.0. The molecule has 0 fully saturated rings. The summed E-state index contributed by atoms with van der Waals surface area (Å²) in [7, 11) is 0. The zero-order valence-corrected chi connectivity index (χ0v) is 15.0. The number of para-hydroxylation sites is 4. The lowest BCUT2D eigenvalue weighted by Crippen LogP contribution is -2.19. The van der Waals surface area contributed by atoms with E-state index in [1.165, 1.54) is 12.1 Å². The molecule has 2 N–H and O–H groups in total. The van der Waals surface area contributed by atoms with Gasteiger partial charge in [-0.05, 0) is 48.9 Å². The van der Waals surface area contributed by atoms with Crippen molar-refractivity contribution in [2.45, 2.75) is 12.8 Å². The van der Waals surface area contributed by atoms with Gasteiger partial charge in [0.1, 0.15) is 17.1 Å². The van der Waals surface area contributed by atoms with E-state index in [4.69, 9.17) is 4.42 Å². The van der Waals surface area contributed by atoms with Crippen LogP contribution in [-0.2, 0) is 4.79 Å². The predicted molar refractivity (Wildman–Crippen MR) is 105 cm³/mol. The van der Waals surface area contributed by atoms with E-state index in [0.29, 0.717) is 22.4 Å². The van der Waals surface area contributed by atoms with Crippen molar-refractivity contribution in [1.82, 2.24) is 4.98 Å². The summed E-state index contributed by atoms with van der Waals surface area (Å²) < 4.78 is 20.3. The van der Waals surface area contributed by atoms with E-state index in [0.717, 1.165) is 0 Å². The topological polar surface area (TPSA) is 75.4 Å². The third-order valence-corrected chi connectivity index (χ3v) is 4.57. The molecular weight excluding hydrogens is 359 g/mol. The normalized spacial score (nSPS) is 12.1. The first-order valence-electron chi connectivity index (χ1n) is 8.77. The van der Waals surface area contributed by atoms with Gasteiger partial charge in [-0.25, -0.2) is 9.37 Å². The molecule has 6 heteroatoms. The van der Waals surface area contributed by atoms with Crippen molar-refractivity contribution in [3.8, 4) is 17.2 Å². The SMILES string of the molecule is CC(C(=O)Nc1ccccc1O)c1ccc(-c2nc3ccccc3o2)c(F)c1. The number of hydrogen-bond donors (Lipinski definition) is 2. The van der Waals surface area contributed by atoms with Gasteiger partial charge >= 0.3 is 0 Å². The summed E-state index contributed by atoms with van der Waals surface area (Å²) in [5, 5.41) is 12.4. The molecule has 1 unspecified atom stereocenters. The molecule has 1 aromatic heterocycles. The number of nitrogens with zero attached hydrogens (tertiary/aromatic N) is 1. The zero-order chi connectivity index (χ0) is 19.7. The maximum absolute atomic E-state index is 14.7. The number of aromatic hydroxyl groups is 1. The van der Waals surface area contributed by atoms with Crippen LogP contribution in [0.1, 0.15) is 18.4 Å². The average Bonchev–Trinajstić information content (AvgIpc) is 3.12. The molecule has 0 aliphatic carbocycles. The van der Waals surface area contributed by atoms with Gasteiger partial charge in [0.05, 0.1) is 17.2 Å². The van der Waals surface area contributed by atoms with Crippen LogP contribution < -0.4 is 5.32 Å². The van der Waals surface area contributed by atoms with Crippen molar-refractivity contribution < 1.29 is 18.7 Å². The Labute approximate surface area is 160 Å². The number of halogens is 1. The summed E-state index contributed by atoms with van der Waals surface area (Å²) in [6, 6.07) is 18.2. The number of aromatic nitrogens is 1. The Hall–Kier alpha value is -3.67. The number of fused-ring (bicyclic) bond motifs is 1. The van der Waals surface area contributed by atoms with Gasteiger partial charge in [0.15, 0.2) is 5.58 Å². The van der Waals surface area contributed by atoms with Crippen molar-refractivity contribution >= 4 is 22.7 Å². The first-order valence-corrected chi connectivity index (χ1v) is 8.77. The molecule has 1 heterocycles. The highest BCUT2D eigenvalue weighted by molar-refractivity contribution is 5.96. The molecule has 0 spiro atoms. The number of nitrogens with one attached hydrogen (secondary N) is 1. The van der Waals surface area contributed by atoms with E-state index in [9.17, 15) is 14.3 Å². The first kappa shape index (κ1) is 17.7. The standard InChI is InChI=1S/C22H17FN2O3/c1-13(21(27)24-17-6-2-4-8-19(17)26)14-10-11-15(16(23)12-14)22-25-18-7-3-5-9-20(18)28-22/h2-13,26H,1H3,(H,24,27). The fraction of sp³-hybridized carbons (Fsp3) is 0.0909. The second kappa shape index (κ2) is 7.15. The van der Waals surface area contributed by atoms with Crippen LogP contribution in [0.3, 0.4) is 0 Å². The molecule has 1 atom stereocenters. The first-order chi connectivity index (χ1) is 13.5. The molecule has 28 heavy (non-hydrogen) atoms. The lowest BCUT2D eigenvalue weighted by atomic mass is 9.98. The van der Waals surface area contributed by atoms with Gasteiger partial charge in [-0.1, -0.05) is 30.3 Å². The Morgan fingerprint density at radius 3 is 2.61 bits per heavy atom. The Bertz CT molecular complexity index is 1140. The highest BCUT2D eigenvalue weighted by Gasteiger charge is 2.20. The molecule has 4 aromatic rings. The Morgan fingerprint density at radius 1 is 1.11 bits per heavy atom. The largest absolute Gasteiger partial charge is 0.506 e. The van der Waals surface area contributed by atoms with Gasteiger partial charge in [0.25, 0.3) is 0 Å². The molecule has 140 valence electrons. The molecule has 0 saturated heterocycles. The monoisotopic (exact) mass is 376 g/mol. The smallest absolute Gasteiger partial charge is 0.231 e. The van der Waals surface area contributed by atoms with Crippen molar-refractivity contribution in [2.24, 2.45) is 0 Å². The average molecular weight is 376 g/mol. The van der Waals surface area contributed by atoms with Crippen LogP contribution in [0.15, 0.2) is 71.1 Å². The summed E-state index contributed by atoms with van der Waals surface area (Å²) in [6.45, 7) is 1.67. The van der Waals surface area contributed by atoms with Crippen LogP contribution >= 0.6 is 0 Å². The van der Waals surface area contributed by atoms with Crippen molar-refractivity contribution in [1.29, 1.82) is 0 Å². The van der Waals surface area contributed by atoms with Gasteiger partial charge in [-0.2, -0.15) is 0 Å². The fourth-order valence-corrected chi connectivity index (χ4v) is 2.93. The molecule has 0 aliphatic rings. The Morgan fingerprint density at radius 2 is 1.86 bits per heavy atom. The number of oxazole rings is 1. The quantitative estimate of drug-likeness (QED) is 0.487. The fourth-order valence-electron chi connectivity index (χ4n) is 2.93. The minimum atomic E-state index is -0.619. The van der Waals surface area contributed by atoms with Crippen LogP contribution in [0.4, 0.5) is 10.1 Å². The van der Waals surface area contributed by atoms with Gasteiger partial charge in [-0.15, -0.1) is 0 Å². The van der Waals surface area contributed by atoms with Crippen molar-refractivity contribution in [2.75, 3.05) is 5.32 Å². The Balaban J connectivity index is 1.58. The maximum Gasteiger partial charge on any atom is 0.231 e. The molecule has 1 amide bonds. The van der Waals surface area contributed by atoms with Gasteiger partial charge in [-0.3, -0.25) is 4.79 Å². The number of amides is 1. The van der Waals surface area contributed by atoms with Gasteiger partial charge in [0.2, 0.25) is 11.8 Å². The number of rotatable bonds is 4.